The third-order valence-electron chi connectivity index (χ3n) is 4.83. The fourth-order valence-electron chi connectivity index (χ4n) is 3.75. The molecular weight excluding hydrogens is 337 g/mol. The molecule has 1 aromatic carbocycles. The van der Waals surface area contributed by atoms with Gasteiger partial charge in [0.2, 0.25) is 11.8 Å². The smallest absolute Gasteiger partial charge is 0.243 e. The molecule has 2 aliphatic rings. The summed E-state index contributed by atoms with van der Waals surface area (Å²) in [6.45, 7) is -0.0396. The Hall–Kier alpha value is -1.30. The Morgan fingerprint density at radius 2 is 1.83 bits per heavy atom. The maximum Gasteiger partial charge on any atom is 0.243 e. The van der Waals surface area contributed by atoms with Gasteiger partial charge in [0.15, 0.2) is 0 Å². The summed E-state index contributed by atoms with van der Waals surface area (Å²) < 4.78 is 0. The maximum absolute atomic E-state index is 12.3. The lowest BCUT2D eigenvalue weighted by Gasteiger charge is -2.26. The van der Waals surface area contributed by atoms with Gasteiger partial charge < -0.3 is 16.4 Å². The van der Waals surface area contributed by atoms with E-state index in [1.54, 1.807) is 24.3 Å². The van der Waals surface area contributed by atoms with Crippen molar-refractivity contribution < 1.29 is 9.59 Å². The van der Waals surface area contributed by atoms with E-state index in [2.05, 4.69) is 10.6 Å². The molecule has 4 N–H and O–H groups in total. The Morgan fingerprint density at radius 3 is 2.43 bits per heavy atom. The summed E-state index contributed by atoms with van der Waals surface area (Å²) in [5.41, 5.74) is 6.79. The molecular formula is C16H21Cl2N3O2. The van der Waals surface area contributed by atoms with Crippen molar-refractivity contribution in [3.8, 4) is 0 Å². The highest BCUT2D eigenvalue weighted by Crippen LogP contribution is 2.47. The van der Waals surface area contributed by atoms with Gasteiger partial charge in [-0.3, -0.25) is 9.59 Å². The van der Waals surface area contributed by atoms with Crippen LogP contribution in [0.4, 0.5) is 5.69 Å². The average molecular weight is 358 g/mol. The van der Waals surface area contributed by atoms with Gasteiger partial charge in [0.1, 0.15) is 0 Å². The van der Waals surface area contributed by atoms with Crippen LogP contribution in [-0.2, 0) is 9.59 Å². The van der Waals surface area contributed by atoms with Gasteiger partial charge in [0.25, 0.3) is 0 Å². The molecule has 5 nitrogen and oxygen atoms in total. The van der Waals surface area contributed by atoms with Gasteiger partial charge in [-0.15, -0.1) is 12.4 Å². The van der Waals surface area contributed by atoms with E-state index in [0.717, 1.165) is 19.3 Å². The van der Waals surface area contributed by atoms with Crippen LogP contribution in [0.15, 0.2) is 24.3 Å². The number of benzene rings is 1. The fraction of sp³-hybridized carbons (Fsp3) is 0.500. The molecule has 0 aliphatic heterocycles. The van der Waals surface area contributed by atoms with Gasteiger partial charge >= 0.3 is 0 Å². The summed E-state index contributed by atoms with van der Waals surface area (Å²) in [6, 6.07) is 6.77. The third-order valence-corrected chi connectivity index (χ3v) is 5.09. The first-order valence-corrected chi connectivity index (χ1v) is 8.01. The van der Waals surface area contributed by atoms with Gasteiger partial charge in [-0.05, 0) is 55.4 Å². The van der Waals surface area contributed by atoms with Crippen LogP contribution in [0.25, 0.3) is 0 Å². The zero-order valence-electron chi connectivity index (χ0n) is 12.6. The van der Waals surface area contributed by atoms with Crippen LogP contribution in [0.1, 0.15) is 19.3 Å². The normalized spacial score (nSPS) is 28.1. The van der Waals surface area contributed by atoms with Crippen LogP contribution in [0.3, 0.4) is 0 Å². The standard InChI is InChI=1S/C16H20ClN3O2.ClH/c17-11-3-5-12(6-4-11)20-13(21)8-19-16(22)14-9-1-2-10(7-9)15(14)18;/h3-6,9-10,14-15H,1-2,7-8,18H2,(H,19,22)(H,20,21);1H. The van der Waals surface area contributed by atoms with E-state index in [-0.39, 0.29) is 42.7 Å². The van der Waals surface area contributed by atoms with E-state index in [1.807, 2.05) is 0 Å². The zero-order valence-corrected chi connectivity index (χ0v) is 14.2. The lowest BCUT2D eigenvalue weighted by atomic mass is 9.84. The number of amides is 2. The van der Waals surface area contributed by atoms with Crippen molar-refractivity contribution in [2.75, 3.05) is 11.9 Å². The lowest BCUT2D eigenvalue weighted by molar-refractivity contribution is -0.129. The first-order valence-electron chi connectivity index (χ1n) is 7.63. The molecule has 1 aromatic rings. The van der Waals surface area contributed by atoms with E-state index >= 15 is 0 Å². The fourth-order valence-corrected chi connectivity index (χ4v) is 3.87. The molecule has 7 heteroatoms. The van der Waals surface area contributed by atoms with Crippen LogP contribution in [0.5, 0.6) is 0 Å². The quantitative estimate of drug-likeness (QED) is 0.771. The Kier molecular flexibility index (Phi) is 5.89. The van der Waals surface area contributed by atoms with Crippen molar-refractivity contribution in [2.24, 2.45) is 23.5 Å². The first-order chi connectivity index (χ1) is 10.5. The third kappa shape index (κ3) is 3.97. The van der Waals surface area contributed by atoms with Crippen LogP contribution in [0, 0.1) is 17.8 Å². The number of fused-ring (bicyclic) bond motifs is 2. The van der Waals surface area contributed by atoms with E-state index < -0.39 is 0 Å². The molecule has 4 atom stereocenters. The van der Waals surface area contributed by atoms with E-state index in [4.69, 9.17) is 17.3 Å². The molecule has 3 rings (SSSR count). The molecule has 4 unspecified atom stereocenters. The molecule has 2 aliphatic carbocycles. The molecule has 126 valence electrons. The van der Waals surface area contributed by atoms with Crippen LogP contribution < -0.4 is 16.4 Å². The summed E-state index contributed by atoms with van der Waals surface area (Å²) >= 11 is 5.79. The second-order valence-corrected chi connectivity index (χ2v) is 6.65. The number of nitrogens with one attached hydrogen (secondary N) is 2. The summed E-state index contributed by atoms with van der Waals surface area (Å²) in [5, 5.41) is 6.04. The van der Waals surface area contributed by atoms with E-state index in [1.165, 1.54) is 0 Å². The molecule has 0 saturated heterocycles. The summed E-state index contributed by atoms with van der Waals surface area (Å²) in [5.74, 6) is 0.378. The van der Waals surface area contributed by atoms with E-state index in [9.17, 15) is 9.59 Å². The van der Waals surface area contributed by atoms with Crippen LogP contribution in [-0.4, -0.2) is 24.4 Å². The predicted octanol–water partition coefficient (Wildman–Crippen LogP) is 2.19. The maximum atomic E-state index is 12.3. The second kappa shape index (κ2) is 7.51. The number of halogens is 2. The van der Waals surface area contributed by atoms with Crippen molar-refractivity contribution in [1.82, 2.24) is 5.32 Å². The van der Waals surface area contributed by atoms with Gasteiger partial charge in [0.05, 0.1) is 12.5 Å². The highest BCUT2D eigenvalue weighted by molar-refractivity contribution is 6.30. The topological polar surface area (TPSA) is 84.2 Å². The number of hydrogen-bond donors (Lipinski definition) is 3. The molecule has 2 fully saturated rings. The Bertz CT molecular complexity index is 577. The summed E-state index contributed by atoms with van der Waals surface area (Å²) in [7, 11) is 0. The first kappa shape index (κ1) is 18.0. The van der Waals surface area contributed by atoms with Crippen molar-refractivity contribution in [1.29, 1.82) is 0 Å². The van der Waals surface area contributed by atoms with Crippen molar-refractivity contribution in [3.05, 3.63) is 29.3 Å². The highest BCUT2D eigenvalue weighted by atomic mass is 35.5. The minimum atomic E-state index is -0.257. The van der Waals surface area contributed by atoms with Gasteiger partial charge in [-0.2, -0.15) is 0 Å². The molecule has 2 amide bonds. The molecule has 0 aromatic heterocycles. The van der Waals surface area contributed by atoms with Gasteiger partial charge in [-0.1, -0.05) is 11.6 Å². The molecule has 23 heavy (non-hydrogen) atoms. The van der Waals surface area contributed by atoms with Crippen molar-refractivity contribution >= 4 is 41.5 Å². The number of carbonyl (C=O) groups excluding carboxylic acids is 2. The molecule has 0 heterocycles. The second-order valence-electron chi connectivity index (χ2n) is 6.21. The largest absolute Gasteiger partial charge is 0.347 e. The van der Waals surface area contributed by atoms with Crippen LogP contribution in [0.2, 0.25) is 5.02 Å². The van der Waals surface area contributed by atoms with Gasteiger partial charge in [-0.25, -0.2) is 0 Å². The van der Waals surface area contributed by atoms with Crippen molar-refractivity contribution in [2.45, 2.75) is 25.3 Å². The number of carbonyl (C=O) groups is 2. The number of rotatable bonds is 4. The minimum Gasteiger partial charge on any atom is -0.347 e. The van der Waals surface area contributed by atoms with E-state index in [0.29, 0.717) is 22.5 Å². The van der Waals surface area contributed by atoms with Gasteiger partial charge in [0, 0.05) is 16.8 Å². The summed E-state index contributed by atoms with van der Waals surface area (Å²) in [4.78, 5) is 24.1. The predicted molar refractivity (Wildman–Crippen MR) is 92.6 cm³/mol. The lowest BCUT2D eigenvalue weighted by Crippen LogP contribution is -2.46. The monoisotopic (exact) mass is 357 g/mol. The molecule has 2 saturated carbocycles. The highest BCUT2D eigenvalue weighted by Gasteiger charge is 2.48. The van der Waals surface area contributed by atoms with Crippen LogP contribution >= 0.6 is 24.0 Å². The number of anilines is 1. The number of nitrogens with two attached hydrogens (primary N) is 1. The zero-order chi connectivity index (χ0) is 15.7. The Labute approximate surface area is 146 Å². The molecule has 0 spiro atoms. The molecule has 0 radical (unpaired) electrons. The minimum absolute atomic E-state index is 0. The molecule has 2 bridgehead atoms. The Balaban J connectivity index is 0.00000192. The average Bonchev–Trinajstić information content (AvgIpc) is 3.08. The summed E-state index contributed by atoms with van der Waals surface area (Å²) in [6.07, 6.45) is 3.26. The number of hydrogen-bond acceptors (Lipinski definition) is 3. The van der Waals surface area contributed by atoms with Crippen molar-refractivity contribution in [3.63, 3.8) is 0 Å². The Morgan fingerprint density at radius 1 is 1.17 bits per heavy atom. The SMILES string of the molecule is Cl.NC1C2CCC(C2)C1C(=O)NCC(=O)Nc1ccc(Cl)cc1.